The van der Waals surface area contributed by atoms with E-state index in [0.29, 0.717) is 17.5 Å². The SMILES string of the molecule is c1ccc(-n2c3ccccc3c3c2c2c4ccccc4n(-c4ccc(-c5nc(-c6ccc7sc8ccccc8c7c6)nc(-c6cccc7ccccc67)n5)cc4)c2c2c4ccccc4n(-c4ccccc4)c32)cc1. The quantitative estimate of drug-likeness (QED) is 0.167. The molecule has 0 saturated carbocycles. The van der Waals surface area contributed by atoms with Crippen molar-refractivity contribution in [2.75, 3.05) is 0 Å². The fourth-order valence-corrected chi connectivity index (χ4v) is 13.0. The highest BCUT2D eigenvalue weighted by molar-refractivity contribution is 7.25. The second kappa shape index (κ2) is 15.9. The smallest absolute Gasteiger partial charge is 0.164 e. The van der Waals surface area contributed by atoms with Gasteiger partial charge in [-0.05, 0) is 102 Å². The van der Waals surface area contributed by atoms with E-state index < -0.39 is 0 Å². The number of thiophene rings is 1. The lowest BCUT2D eigenvalue weighted by Crippen LogP contribution is -2.01. The molecule has 0 fully saturated rings. The molecule has 0 atom stereocenters. The monoisotopic (exact) mass is 960 g/mol. The number of hydrogen-bond donors (Lipinski definition) is 0. The molecule has 344 valence electrons. The van der Waals surface area contributed by atoms with Crippen LogP contribution in [0, 0.1) is 0 Å². The van der Waals surface area contributed by atoms with Crippen molar-refractivity contribution in [3.05, 3.63) is 243 Å². The van der Waals surface area contributed by atoms with Crippen LogP contribution in [0.2, 0.25) is 0 Å². The van der Waals surface area contributed by atoms with Gasteiger partial charge in [-0.25, -0.2) is 15.0 Å². The number of para-hydroxylation sites is 5. The van der Waals surface area contributed by atoms with Crippen LogP contribution in [0.25, 0.3) is 148 Å². The van der Waals surface area contributed by atoms with Crippen LogP contribution in [-0.2, 0) is 0 Å². The summed E-state index contributed by atoms with van der Waals surface area (Å²) >= 11 is 1.81. The van der Waals surface area contributed by atoms with Gasteiger partial charge in [-0.3, -0.25) is 0 Å². The molecule has 0 aliphatic carbocycles. The summed E-state index contributed by atoms with van der Waals surface area (Å²) in [5.74, 6) is 1.89. The molecule has 11 aromatic carbocycles. The van der Waals surface area contributed by atoms with E-state index in [4.69, 9.17) is 15.0 Å². The molecule has 74 heavy (non-hydrogen) atoms. The maximum Gasteiger partial charge on any atom is 0.164 e. The second-order valence-electron chi connectivity index (χ2n) is 19.1. The van der Waals surface area contributed by atoms with E-state index in [-0.39, 0.29) is 0 Å². The van der Waals surface area contributed by atoms with Crippen molar-refractivity contribution in [3.8, 4) is 51.2 Å². The van der Waals surface area contributed by atoms with Crippen LogP contribution in [0.1, 0.15) is 0 Å². The summed E-state index contributed by atoms with van der Waals surface area (Å²) < 4.78 is 9.98. The standard InChI is InChI=1S/C67H40N6S/c1-3-20-44(21-4-1)71-54-30-13-9-26-50(54)59-62-60(51-27-10-14-31-55(51)72(62)45-22-5-2-6-23-45)64-61(63(59)71)52-28-11-15-32-56(52)73(64)46-37-34-42(35-38-46)65-68-66(43-36-39-58-53(40-43)48-25-12-16-33-57(48)74-58)70-67(69-65)49-29-17-19-41-18-7-8-24-47(41)49/h1-40H. The molecule has 0 aliphatic rings. The number of fused-ring (bicyclic) bond motifs is 16. The van der Waals surface area contributed by atoms with Crippen molar-refractivity contribution in [1.29, 1.82) is 0 Å². The van der Waals surface area contributed by atoms with Crippen LogP contribution in [0.15, 0.2) is 243 Å². The maximum absolute atomic E-state index is 5.31. The highest BCUT2D eigenvalue weighted by Crippen LogP contribution is 2.50. The molecule has 6 nitrogen and oxygen atoms in total. The van der Waals surface area contributed by atoms with Gasteiger partial charge in [-0.1, -0.05) is 152 Å². The Morgan fingerprint density at radius 3 is 1.28 bits per heavy atom. The summed E-state index contributed by atoms with van der Waals surface area (Å²) in [5, 5.41) is 11.9. The Bertz CT molecular complexity index is 4870. The van der Waals surface area contributed by atoms with Crippen molar-refractivity contribution in [3.63, 3.8) is 0 Å². The summed E-state index contributed by atoms with van der Waals surface area (Å²) in [6, 6.07) is 87.3. The fraction of sp³-hybridized carbons (Fsp3) is 0. The Hall–Kier alpha value is -9.69. The van der Waals surface area contributed by atoms with E-state index in [2.05, 4.69) is 256 Å². The summed E-state index contributed by atoms with van der Waals surface area (Å²) in [5.41, 5.74) is 13.1. The lowest BCUT2D eigenvalue weighted by Gasteiger charge is -2.14. The lowest BCUT2D eigenvalue weighted by molar-refractivity contribution is 1.08. The van der Waals surface area contributed by atoms with Crippen molar-refractivity contribution >= 4 is 108 Å². The summed E-state index contributed by atoms with van der Waals surface area (Å²) in [6.07, 6.45) is 0. The molecule has 0 amide bonds. The zero-order valence-electron chi connectivity index (χ0n) is 39.7. The molecular formula is C67H40N6S. The van der Waals surface area contributed by atoms with E-state index in [0.717, 1.165) is 66.6 Å². The number of nitrogens with zero attached hydrogens (tertiary/aromatic N) is 6. The van der Waals surface area contributed by atoms with Gasteiger partial charge in [0.25, 0.3) is 0 Å². The predicted molar refractivity (Wildman–Crippen MR) is 310 cm³/mol. The minimum Gasteiger partial charge on any atom is -0.308 e. The van der Waals surface area contributed by atoms with Gasteiger partial charge in [0.05, 0.1) is 33.1 Å². The number of aromatic nitrogens is 6. The number of hydrogen-bond acceptors (Lipinski definition) is 4. The largest absolute Gasteiger partial charge is 0.308 e. The number of rotatable bonds is 6. The van der Waals surface area contributed by atoms with Crippen LogP contribution < -0.4 is 0 Å². The molecule has 0 aliphatic heterocycles. The average Bonchev–Trinajstić information content (AvgIpc) is 4.22. The van der Waals surface area contributed by atoms with Gasteiger partial charge in [0.15, 0.2) is 17.5 Å². The molecule has 5 aromatic heterocycles. The van der Waals surface area contributed by atoms with Gasteiger partial charge in [0.2, 0.25) is 0 Å². The Morgan fingerprint density at radius 1 is 0.284 bits per heavy atom. The van der Waals surface area contributed by atoms with Crippen LogP contribution in [-0.4, -0.2) is 28.7 Å². The molecule has 0 N–H and O–H groups in total. The molecule has 0 bridgehead atoms. The van der Waals surface area contributed by atoms with Gasteiger partial charge in [0, 0.05) is 86.2 Å². The second-order valence-corrected chi connectivity index (χ2v) is 20.2. The van der Waals surface area contributed by atoms with Crippen LogP contribution in [0.4, 0.5) is 0 Å². The van der Waals surface area contributed by atoms with E-state index in [9.17, 15) is 0 Å². The zero-order valence-corrected chi connectivity index (χ0v) is 40.5. The van der Waals surface area contributed by atoms with Gasteiger partial charge in [-0.15, -0.1) is 11.3 Å². The summed E-state index contributed by atoms with van der Waals surface area (Å²) in [6.45, 7) is 0. The van der Waals surface area contributed by atoms with Crippen molar-refractivity contribution < 1.29 is 0 Å². The summed E-state index contributed by atoms with van der Waals surface area (Å²) in [4.78, 5) is 15.9. The third kappa shape index (κ3) is 5.96. The average molecular weight is 961 g/mol. The minimum absolute atomic E-state index is 0.615. The molecule has 5 heterocycles. The van der Waals surface area contributed by atoms with E-state index in [1.165, 1.54) is 63.5 Å². The molecule has 0 unspecified atom stereocenters. The molecule has 0 radical (unpaired) electrons. The topological polar surface area (TPSA) is 53.5 Å². The number of benzene rings is 11. The Morgan fingerprint density at radius 2 is 0.703 bits per heavy atom. The summed E-state index contributed by atoms with van der Waals surface area (Å²) in [7, 11) is 0. The normalized spacial score (nSPS) is 12.1. The first-order valence-corrected chi connectivity index (χ1v) is 25.8. The van der Waals surface area contributed by atoms with Gasteiger partial charge in [-0.2, -0.15) is 0 Å². The highest BCUT2D eigenvalue weighted by atomic mass is 32.1. The first-order chi connectivity index (χ1) is 36.7. The van der Waals surface area contributed by atoms with Crippen LogP contribution in [0.5, 0.6) is 0 Å². The van der Waals surface area contributed by atoms with Crippen LogP contribution in [0.3, 0.4) is 0 Å². The molecule has 0 saturated heterocycles. The Balaban J connectivity index is 0.979. The fourth-order valence-electron chi connectivity index (χ4n) is 11.9. The first kappa shape index (κ1) is 41.0. The first-order valence-electron chi connectivity index (χ1n) is 25.0. The van der Waals surface area contributed by atoms with Crippen molar-refractivity contribution in [2.24, 2.45) is 0 Å². The molecule has 16 rings (SSSR count). The maximum atomic E-state index is 5.31. The highest BCUT2D eigenvalue weighted by Gasteiger charge is 2.29. The third-order valence-electron chi connectivity index (χ3n) is 15.0. The molecular weight excluding hydrogens is 921 g/mol. The van der Waals surface area contributed by atoms with E-state index >= 15 is 0 Å². The lowest BCUT2D eigenvalue weighted by atomic mass is 10.0. The van der Waals surface area contributed by atoms with Gasteiger partial charge < -0.3 is 13.7 Å². The zero-order chi connectivity index (χ0) is 48.4. The van der Waals surface area contributed by atoms with E-state index in [1.807, 2.05) is 11.3 Å². The van der Waals surface area contributed by atoms with Gasteiger partial charge >= 0.3 is 0 Å². The Labute approximate surface area is 427 Å². The molecule has 7 heteroatoms. The predicted octanol–water partition coefficient (Wildman–Crippen LogP) is 17.7. The molecule has 0 spiro atoms. The third-order valence-corrected chi connectivity index (χ3v) is 16.2. The van der Waals surface area contributed by atoms with Crippen molar-refractivity contribution in [1.82, 2.24) is 28.7 Å². The molecule has 16 aromatic rings. The van der Waals surface area contributed by atoms with Crippen LogP contribution >= 0.6 is 11.3 Å². The van der Waals surface area contributed by atoms with E-state index in [1.54, 1.807) is 0 Å². The Kier molecular flexibility index (Phi) is 8.81. The minimum atomic E-state index is 0.615. The van der Waals surface area contributed by atoms with Crippen molar-refractivity contribution in [2.45, 2.75) is 0 Å². The van der Waals surface area contributed by atoms with Gasteiger partial charge in [0.1, 0.15) is 0 Å².